The quantitative estimate of drug-likeness (QED) is 0.172. The first-order valence-corrected chi connectivity index (χ1v) is 18.6. The molecule has 9 aromatic rings. The Kier molecular flexibility index (Phi) is 6.64. The zero-order chi connectivity index (χ0) is 41.3. The lowest BCUT2D eigenvalue weighted by Gasteiger charge is -2.23. The molecule has 0 saturated heterocycles. The van der Waals surface area contributed by atoms with Crippen LogP contribution in [0.3, 0.4) is 0 Å². The van der Waals surface area contributed by atoms with E-state index in [0.29, 0.717) is 11.4 Å². The van der Waals surface area contributed by atoms with Gasteiger partial charge in [-0.2, -0.15) is 0 Å². The summed E-state index contributed by atoms with van der Waals surface area (Å²) in [5.41, 5.74) is 14.4. The maximum absolute atomic E-state index is 8.84. The predicted molar refractivity (Wildman–Crippen MR) is 230 cm³/mol. The lowest BCUT2D eigenvalue weighted by molar-refractivity contribution is 0.661. The minimum atomic E-state index is -0.460. The van der Waals surface area contributed by atoms with Crippen LogP contribution in [0.4, 0.5) is 0 Å². The van der Waals surface area contributed by atoms with Crippen LogP contribution >= 0.6 is 0 Å². The van der Waals surface area contributed by atoms with E-state index in [4.69, 9.17) is 16.8 Å². The molecule has 0 fully saturated rings. The van der Waals surface area contributed by atoms with Gasteiger partial charge in [0.05, 0.1) is 18.2 Å². The molecule has 1 aromatic heterocycles. The standard InChI is InChI=1S/C53H38N2/c1-53(2)48-32-39(36-17-8-4-9-18-36)25-27-45(48)46-28-26-40(33-49(46)53)42-29-30-47(44-24-13-12-23-43(42)44)51-34-50(54-52(55-51)37-19-10-5-11-20-37)41-22-14-21-38(31-41)35-15-6-3-7-16-35/h3-34H,1-2H3/i5D,10D,11D,19D,20D. The highest BCUT2D eigenvalue weighted by molar-refractivity contribution is 6.05. The molecular weight excluding hydrogens is 665 g/mol. The fourth-order valence-corrected chi connectivity index (χ4v) is 8.18. The highest BCUT2D eigenvalue weighted by Crippen LogP contribution is 2.51. The van der Waals surface area contributed by atoms with Crippen molar-refractivity contribution in [3.05, 3.63) is 205 Å². The third-order valence-corrected chi connectivity index (χ3v) is 11.0. The van der Waals surface area contributed by atoms with E-state index in [1.54, 1.807) is 0 Å². The predicted octanol–water partition coefficient (Wildman–Crippen LogP) is 13.9. The van der Waals surface area contributed by atoms with Gasteiger partial charge < -0.3 is 0 Å². The van der Waals surface area contributed by atoms with E-state index in [2.05, 4.69) is 117 Å². The Balaban J connectivity index is 1.12. The van der Waals surface area contributed by atoms with Gasteiger partial charge in [0.2, 0.25) is 0 Å². The number of rotatable bonds is 6. The summed E-state index contributed by atoms with van der Waals surface area (Å²) in [5.74, 6) is 0.0635. The Morgan fingerprint density at radius 3 is 1.58 bits per heavy atom. The Hall–Kier alpha value is -6.90. The van der Waals surface area contributed by atoms with Crippen molar-refractivity contribution in [3.63, 3.8) is 0 Å². The van der Waals surface area contributed by atoms with Gasteiger partial charge in [0.25, 0.3) is 0 Å². The number of fused-ring (bicyclic) bond motifs is 4. The molecule has 0 N–H and O–H groups in total. The Morgan fingerprint density at radius 1 is 0.382 bits per heavy atom. The number of nitrogens with zero attached hydrogens (tertiary/aromatic N) is 2. The second-order valence-corrected chi connectivity index (χ2v) is 14.6. The lowest BCUT2D eigenvalue weighted by atomic mass is 9.80. The van der Waals surface area contributed by atoms with Crippen molar-refractivity contribution < 1.29 is 6.85 Å². The molecule has 1 aliphatic rings. The highest BCUT2D eigenvalue weighted by atomic mass is 14.9. The molecule has 0 aliphatic heterocycles. The summed E-state index contributed by atoms with van der Waals surface area (Å²) in [6, 6.07) is 54.8. The van der Waals surface area contributed by atoms with Gasteiger partial charge in [-0.25, -0.2) is 9.97 Å². The third kappa shape index (κ3) is 5.75. The van der Waals surface area contributed by atoms with Crippen molar-refractivity contribution in [2.45, 2.75) is 19.3 Å². The summed E-state index contributed by atoms with van der Waals surface area (Å²) < 4.78 is 42.8. The average Bonchev–Trinajstić information content (AvgIpc) is 3.52. The lowest BCUT2D eigenvalue weighted by Crippen LogP contribution is -2.15. The van der Waals surface area contributed by atoms with E-state index in [1.165, 1.54) is 33.4 Å². The van der Waals surface area contributed by atoms with E-state index in [0.717, 1.165) is 44.2 Å². The van der Waals surface area contributed by atoms with Crippen LogP contribution in [0.1, 0.15) is 31.8 Å². The first-order chi connectivity index (χ1) is 29.1. The number of hydrogen-bond donors (Lipinski definition) is 0. The summed E-state index contributed by atoms with van der Waals surface area (Å²) in [7, 11) is 0. The molecule has 0 bridgehead atoms. The summed E-state index contributed by atoms with van der Waals surface area (Å²) in [4.78, 5) is 9.93. The van der Waals surface area contributed by atoms with Gasteiger partial charge >= 0.3 is 0 Å². The molecule has 0 amide bonds. The molecule has 260 valence electrons. The molecule has 0 atom stereocenters. The summed E-state index contributed by atoms with van der Waals surface area (Å²) in [5, 5.41) is 2.02. The van der Waals surface area contributed by atoms with Crippen molar-refractivity contribution in [1.29, 1.82) is 0 Å². The smallest absolute Gasteiger partial charge is 0.160 e. The normalized spacial score (nSPS) is 14.0. The van der Waals surface area contributed by atoms with Crippen molar-refractivity contribution in [3.8, 4) is 78.4 Å². The van der Waals surface area contributed by atoms with Gasteiger partial charge in [0.15, 0.2) is 5.82 Å². The molecule has 0 saturated carbocycles. The van der Waals surface area contributed by atoms with Crippen molar-refractivity contribution in [1.82, 2.24) is 9.97 Å². The Bertz CT molecular complexity index is 3150. The van der Waals surface area contributed by atoms with E-state index >= 15 is 0 Å². The molecule has 55 heavy (non-hydrogen) atoms. The average molecular weight is 708 g/mol. The molecule has 0 radical (unpaired) electrons. The minimum absolute atomic E-state index is 0.0399. The summed E-state index contributed by atoms with van der Waals surface area (Å²) in [6.45, 7) is 4.62. The number of aromatic nitrogens is 2. The van der Waals surface area contributed by atoms with Crippen LogP contribution in [-0.2, 0) is 5.41 Å². The SMILES string of the molecule is [2H]c1c([2H])c([2H])c(-c2nc(-c3cccc(-c4ccccc4)c3)cc(-c3ccc(-c4ccc5c(c4)C(C)(C)c4cc(-c6ccccc6)ccc4-5)c4ccccc34)n2)c([2H])c1[2H]. The summed E-state index contributed by atoms with van der Waals surface area (Å²) in [6.07, 6.45) is 0. The molecule has 10 rings (SSSR count). The maximum atomic E-state index is 8.84. The zero-order valence-corrected chi connectivity index (χ0v) is 30.5. The molecule has 2 heteroatoms. The van der Waals surface area contributed by atoms with Crippen LogP contribution < -0.4 is 0 Å². The van der Waals surface area contributed by atoms with Crippen LogP contribution in [0.15, 0.2) is 194 Å². The minimum Gasteiger partial charge on any atom is -0.228 e. The molecule has 1 aliphatic carbocycles. The molecule has 1 heterocycles. The van der Waals surface area contributed by atoms with Crippen LogP contribution in [0.2, 0.25) is 0 Å². The molecular formula is C53H38N2. The van der Waals surface area contributed by atoms with E-state index in [1.807, 2.05) is 60.7 Å². The summed E-state index contributed by atoms with van der Waals surface area (Å²) >= 11 is 0. The van der Waals surface area contributed by atoms with E-state index in [9.17, 15) is 0 Å². The van der Waals surface area contributed by atoms with Crippen LogP contribution in [0.5, 0.6) is 0 Å². The topological polar surface area (TPSA) is 25.8 Å². The van der Waals surface area contributed by atoms with Gasteiger partial charge in [-0.1, -0.05) is 184 Å². The van der Waals surface area contributed by atoms with E-state index < -0.39 is 18.1 Å². The molecule has 0 spiro atoms. The maximum Gasteiger partial charge on any atom is 0.160 e. The molecule has 8 aromatic carbocycles. The molecule has 0 unspecified atom stereocenters. The number of benzene rings is 8. The Morgan fingerprint density at radius 2 is 0.891 bits per heavy atom. The number of hydrogen-bond acceptors (Lipinski definition) is 2. The largest absolute Gasteiger partial charge is 0.228 e. The fourth-order valence-electron chi connectivity index (χ4n) is 8.18. The van der Waals surface area contributed by atoms with E-state index in [-0.39, 0.29) is 28.9 Å². The van der Waals surface area contributed by atoms with Gasteiger partial charge in [-0.3, -0.25) is 0 Å². The highest BCUT2D eigenvalue weighted by Gasteiger charge is 2.36. The first-order valence-electron chi connectivity index (χ1n) is 21.1. The van der Waals surface area contributed by atoms with Gasteiger partial charge in [-0.15, -0.1) is 0 Å². The fraction of sp³-hybridized carbons (Fsp3) is 0.0566. The third-order valence-electron chi connectivity index (χ3n) is 11.0. The Labute approximate surface area is 329 Å². The monoisotopic (exact) mass is 707 g/mol. The first kappa shape index (κ1) is 27.7. The molecule has 2 nitrogen and oxygen atoms in total. The van der Waals surface area contributed by atoms with Gasteiger partial charge in [0, 0.05) is 22.1 Å². The van der Waals surface area contributed by atoms with Gasteiger partial charge in [0.1, 0.15) is 0 Å². The van der Waals surface area contributed by atoms with Crippen molar-refractivity contribution >= 4 is 10.8 Å². The van der Waals surface area contributed by atoms with Crippen molar-refractivity contribution in [2.75, 3.05) is 0 Å². The van der Waals surface area contributed by atoms with Gasteiger partial charge in [-0.05, 0) is 90.7 Å². The second-order valence-electron chi connectivity index (χ2n) is 14.6. The van der Waals surface area contributed by atoms with Crippen LogP contribution in [-0.4, -0.2) is 9.97 Å². The zero-order valence-electron chi connectivity index (χ0n) is 35.5. The van der Waals surface area contributed by atoms with Crippen LogP contribution in [0.25, 0.3) is 89.2 Å². The van der Waals surface area contributed by atoms with Crippen LogP contribution in [0, 0.1) is 0 Å². The second kappa shape index (κ2) is 13.2. The van der Waals surface area contributed by atoms with Crippen molar-refractivity contribution in [2.24, 2.45) is 0 Å².